The number of carbonyl (C=O) groups is 2. The lowest BCUT2D eigenvalue weighted by Gasteiger charge is -2.40. The highest BCUT2D eigenvalue weighted by atomic mass is 19.4. The molecule has 2 saturated heterocycles. The van der Waals surface area contributed by atoms with E-state index in [4.69, 9.17) is 5.26 Å². The molecule has 0 aromatic heterocycles. The summed E-state index contributed by atoms with van der Waals surface area (Å²) >= 11 is 0. The van der Waals surface area contributed by atoms with Gasteiger partial charge in [-0.3, -0.25) is 9.59 Å². The summed E-state index contributed by atoms with van der Waals surface area (Å²) in [6.07, 6.45) is -3.04. The highest BCUT2D eigenvalue weighted by Crippen LogP contribution is 2.45. The molecule has 0 saturated carbocycles. The Bertz CT molecular complexity index is 1170. The molecule has 2 aromatic carbocycles. The van der Waals surface area contributed by atoms with Gasteiger partial charge in [0.1, 0.15) is 11.9 Å². The number of hydrogen-bond acceptors (Lipinski definition) is 4. The molecule has 2 fully saturated rings. The fourth-order valence-electron chi connectivity index (χ4n) is 5.09. The van der Waals surface area contributed by atoms with Crippen LogP contribution in [0.15, 0.2) is 42.5 Å². The van der Waals surface area contributed by atoms with E-state index in [1.165, 1.54) is 48.3 Å². The smallest absolute Gasteiger partial charge is 0.371 e. The summed E-state index contributed by atoms with van der Waals surface area (Å²) in [5.41, 5.74) is -1.08. The maximum atomic E-state index is 13.4. The summed E-state index contributed by atoms with van der Waals surface area (Å²) in [6.45, 7) is 1.22. The Morgan fingerprint density at radius 3 is 2.34 bits per heavy atom. The minimum atomic E-state index is -4.63. The van der Waals surface area contributed by atoms with Crippen LogP contribution in [0.5, 0.6) is 0 Å². The van der Waals surface area contributed by atoms with Gasteiger partial charge >= 0.3 is 6.18 Å². The van der Waals surface area contributed by atoms with Crippen LogP contribution in [-0.2, 0) is 11.0 Å². The number of likely N-dealkylation sites (N-methyl/N-ethyl adjacent to an activating group) is 1. The summed E-state index contributed by atoms with van der Waals surface area (Å²) in [5, 5.41) is 11.6. The molecule has 10 heteroatoms. The first-order valence-corrected chi connectivity index (χ1v) is 11.2. The molecule has 2 aromatic rings. The van der Waals surface area contributed by atoms with Gasteiger partial charge in [0.15, 0.2) is 0 Å². The molecule has 6 nitrogen and oxygen atoms in total. The van der Waals surface area contributed by atoms with Gasteiger partial charge < -0.3 is 15.1 Å². The molecule has 35 heavy (non-hydrogen) atoms. The normalized spacial score (nSPS) is 19.5. The predicted octanol–water partition coefficient (Wildman–Crippen LogP) is 3.96. The summed E-state index contributed by atoms with van der Waals surface area (Å²) in [6, 6.07) is 9.76. The maximum absolute atomic E-state index is 13.4. The van der Waals surface area contributed by atoms with E-state index < -0.39 is 29.2 Å². The van der Waals surface area contributed by atoms with E-state index in [1.807, 2.05) is 4.90 Å². The molecule has 1 N–H and O–H groups in total. The highest BCUT2D eigenvalue weighted by molar-refractivity contribution is 5.98. The zero-order valence-corrected chi connectivity index (χ0v) is 19.0. The van der Waals surface area contributed by atoms with E-state index in [2.05, 4.69) is 5.32 Å². The average molecular weight is 488 g/mol. The second-order valence-corrected chi connectivity index (χ2v) is 9.10. The van der Waals surface area contributed by atoms with E-state index in [9.17, 15) is 27.2 Å². The van der Waals surface area contributed by atoms with Gasteiger partial charge in [0.25, 0.3) is 5.91 Å². The van der Waals surface area contributed by atoms with E-state index in [0.29, 0.717) is 44.6 Å². The largest absolute Gasteiger partial charge is 0.417 e. The first-order chi connectivity index (χ1) is 16.6. The lowest BCUT2D eigenvalue weighted by molar-refractivity contribution is -0.137. The van der Waals surface area contributed by atoms with Crippen molar-refractivity contribution in [2.75, 3.05) is 31.6 Å². The molecule has 0 aliphatic carbocycles. The van der Waals surface area contributed by atoms with Crippen LogP contribution in [0.25, 0.3) is 0 Å². The summed E-state index contributed by atoms with van der Waals surface area (Å²) in [4.78, 5) is 29.1. The second kappa shape index (κ2) is 9.21. The van der Waals surface area contributed by atoms with Crippen molar-refractivity contribution in [3.8, 4) is 6.07 Å². The van der Waals surface area contributed by atoms with Crippen LogP contribution in [0.2, 0.25) is 0 Å². The first-order valence-electron chi connectivity index (χ1n) is 11.2. The monoisotopic (exact) mass is 488 g/mol. The molecule has 1 unspecified atom stereocenters. The van der Waals surface area contributed by atoms with Crippen molar-refractivity contribution < 1.29 is 27.2 Å². The molecular formula is C25H24F4N4O2. The minimum absolute atomic E-state index is 0.284. The maximum Gasteiger partial charge on any atom is 0.417 e. The van der Waals surface area contributed by atoms with E-state index in [-0.39, 0.29) is 22.8 Å². The lowest BCUT2D eigenvalue weighted by atomic mass is 9.76. The molecule has 0 radical (unpaired) electrons. The van der Waals surface area contributed by atoms with Crippen molar-refractivity contribution in [3.63, 3.8) is 0 Å². The molecule has 2 heterocycles. The summed E-state index contributed by atoms with van der Waals surface area (Å²) < 4.78 is 53.5. The number of nitriles is 1. The standard InChI is InChI=1S/C25H24F4N4O2/c1-31-22(34)21-13-24(15-33(21)23(35)16-2-5-18(26)6-3-16)8-10-32(11-9-24)19-7-4-17(14-30)20(12-19)25(27,28)29/h2-7,12,21H,8-11,13,15H2,1H3,(H,31,34). The Balaban J connectivity index is 1.53. The van der Waals surface area contributed by atoms with Crippen molar-refractivity contribution in [2.24, 2.45) is 5.41 Å². The third-order valence-electron chi connectivity index (χ3n) is 7.03. The SMILES string of the molecule is CNC(=O)C1CC2(CCN(c3ccc(C#N)c(C(F)(F)F)c3)CC2)CN1C(=O)c1ccc(F)cc1. The number of piperidine rings is 1. The molecule has 2 amide bonds. The quantitative estimate of drug-likeness (QED) is 0.664. The van der Waals surface area contributed by atoms with E-state index >= 15 is 0 Å². The van der Waals surface area contributed by atoms with E-state index in [1.54, 1.807) is 6.07 Å². The van der Waals surface area contributed by atoms with Crippen LogP contribution < -0.4 is 10.2 Å². The number of likely N-dealkylation sites (tertiary alicyclic amines) is 1. The van der Waals surface area contributed by atoms with Crippen LogP contribution in [0, 0.1) is 22.6 Å². The van der Waals surface area contributed by atoms with E-state index in [0.717, 1.165) is 6.07 Å². The molecule has 1 spiro atoms. The third kappa shape index (κ3) is 4.81. The summed E-state index contributed by atoms with van der Waals surface area (Å²) in [7, 11) is 1.50. The number of halogens is 4. The molecule has 2 aliphatic rings. The van der Waals surface area contributed by atoms with Gasteiger partial charge in [-0.05, 0) is 67.1 Å². The van der Waals surface area contributed by atoms with Crippen LogP contribution in [-0.4, -0.2) is 49.4 Å². The second-order valence-electron chi connectivity index (χ2n) is 9.10. The Morgan fingerprint density at radius 1 is 1.11 bits per heavy atom. The van der Waals surface area contributed by atoms with Gasteiger partial charge in [0, 0.05) is 37.9 Å². The number of hydrogen-bond donors (Lipinski definition) is 1. The number of anilines is 1. The molecule has 2 aliphatic heterocycles. The van der Waals surface area contributed by atoms with Crippen molar-refractivity contribution in [1.29, 1.82) is 5.26 Å². The van der Waals surface area contributed by atoms with Crippen LogP contribution in [0.4, 0.5) is 23.2 Å². The highest BCUT2D eigenvalue weighted by Gasteiger charge is 2.49. The number of rotatable bonds is 3. The Kier molecular flexibility index (Phi) is 6.45. The van der Waals surface area contributed by atoms with Gasteiger partial charge in [0.2, 0.25) is 5.91 Å². The van der Waals surface area contributed by atoms with Crippen LogP contribution >= 0.6 is 0 Å². The van der Waals surface area contributed by atoms with Crippen LogP contribution in [0.1, 0.15) is 40.7 Å². The number of nitrogens with one attached hydrogen (secondary N) is 1. The van der Waals surface area contributed by atoms with Gasteiger partial charge in [-0.2, -0.15) is 18.4 Å². The topological polar surface area (TPSA) is 76.4 Å². The average Bonchev–Trinajstić information content (AvgIpc) is 3.22. The van der Waals surface area contributed by atoms with Crippen molar-refractivity contribution in [3.05, 3.63) is 65.0 Å². The van der Waals surface area contributed by atoms with Crippen molar-refractivity contribution in [1.82, 2.24) is 10.2 Å². The molecule has 0 bridgehead atoms. The fraction of sp³-hybridized carbons (Fsp3) is 0.400. The van der Waals surface area contributed by atoms with Gasteiger partial charge in [0.05, 0.1) is 17.2 Å². The zero-order chi connectivity index (χ0) is 25.4. The zero-order valence-electron chi connectivity index (χ0n) is 19.0. The van der Waals surface area contributed by atoms with Gasteiger partial charge in [-0.15, -0.1) is 0 Å². The molecule has 1 atom stereocenters. The fourth-order valence-corrected chi connectivity index (χ4v) is 5.09. The Morgan fingerprint density at radius 2 is 1.77 bits per heavy atom. The number of amides is 2. The Hall–Kier alpha value is -3.61. The van der Waals surface area contributed by atoms with Crippen molar-refractivity contribution in [2.45, 2.75) is 31.5 Å². The predicted molar refractivity (Wildman–Crippen MR) is 120 cm³/mol. The molecule has 4 rings (SSSR count). The van der Waals surface area contributed by atoms with Gasteiger partial charge in [-0.25, -0.2) is 4.39 Å². The number of carbonyl (C=O) groups excluding carboxylic acids is 2. The Labute approximate surface area is 200 Å². The number of alkyl halides is 3. The molecule has 184 valence electrons. The lowest BCUT2D eigenvalue weighted by Crippen LogP contribution is -2.45. The first kappa shape index (κ1) is 24.5. The van der Waals surface area contributed by atoms with Gasteiger partial charge in [-0.1, -0.05) is 0 Å². The summed E-state index contributed by atoms with van der Waals surface area (Å²) in [5.74, 6) is -1.12. The van der Waals surface area contributed by atoms with Crippen LogP contribution in [0.3, 0.4) is 0 Å². The number of nitrogens with zero attached hydrogens (tertiary/aromatic N) is 3. The minimum Gasteiger partial charge on any atom is -0.371 e. The van der Waals surface area contributed by atoms with Crippen molar-refractivity contribution >= 4 is 17.5 Å². The number of benzene rings is 2. The third-order valence-corrected chi connectivity index (χ3v) is 7.03. The molecular weight excluding hydrogens is 464 g/mol.